The maximum atomic E-state index is 9.01. The molecular weight excluding hydrogens is 649 g/mol. The van der Waals surface area contributed by atoms with E-state index in [4.69, 9.17) is 20.4 Å². The molecule has 0 saturated carbocycles. The summed E-state index contributed by atoms with van der Waals surface area (Å²) >= 11 is 3.48. The van der Waals surface area contributed by atoms with Crippen LogP contribution in [0.25, 0.3) is 54.1 Å². The number of hydrogen-bond acceptors (Lipinski definition) is 6. The molecule has 0 amide bonds. The van der Waals surface area contributed by atoms with Gasteiger partial charge < -0.3 is 5.41 Å². The van der Waals surface area contributed by atoms with Crippen LogP contribution in [-0.2, 0) is 0 Å². The maximum absolute atomic E-state index is 9.01. The first-order valence-electron chi connectivity index (χ1n) is 16.7. The van der Waals surface area contributed by atoms with Crippen LogP contribution in [0.3, 0.4) is 0 Å². The van der Waals surface area contributed by atoms with Crippen molar-refractivity contribution in [2.45, 2.75) is 29.0 Å². The molecule has 1 N–H and O–H groups in total. The lowest BCUT2D eigenvalue weighted by molar-refractivity contribution is 0.783. The van der Waals surface area contributed by atoms with Crippen LogP contribution in [0.2, 0.25) is 0 Å². The lowest BCUT2D eigenvalue weighted by atomic mass is 9.96. The molecule has 0 saturated heterocycles. The summed E-state index contributed by atoms with van der Waals surface area (Å²) < 4.78 is 2.34. The molecule has 242 valence electrons. The molecule has 3 heterocycles. The second kappa shape index (κ2) is 13.8. The Balaban J connectivity index is 1.17. The van der Waals surface area contributed by atoms with Crippen molar-refractivity contribution >= 4 is 55.2 Å². The van der Waals surface area contributed by atoms with Gasteiger partial charge in [0.25, 0.3) is 0 Å². The SMILES string of the molecule is C=CCCC(=C)C(=N)C1Sc2ccccc2C1N=Cc1ccc2c(c1)sc1c(-c3nc(-c4ccccc4)cc(-c4ccccc4)n3)cccc12. The van der Waals surface area contributed by atoms with E-state index in [9.17, 15) is 0 Å². The Labute approximate surface area is 300 Å². The molecular formula is C44H34N4S2. The zero-order chi connectivity index (χ0) is 34.0. The lowest BCUT2D eigenvalue weighted by Gasteiger charge is -2.18. The molecule has 0 aliphatic carbocycles. The fourth-order valence-electron chi connectivity index (χ4n) is 6.50. The van der Waals surface area contributed by atoms with E-state index in [-0.39, 0.29) is 11.3 Å². The second-order valence-electron chi connectivity index (χ2n) is 12.4. The first-order chi connectivity index (χ1) is 24.6. The van der Waals surface area contributed by atoms with Crippen LogP contribution in [0.15, 0.2) is 162 Å². The number of fused-ring (bicyclic) bond motifs is 4. The summed E-state index contributed by atoms with van der Waals surface area (Å²) in [5.41, 5.74) is 8.55. The molecule has 2 unspecified atom stereocenters. The van der Waals surface area contributed by atoms with Crippen LogP contribution in [0.5, 0.6) is 0 Å². The van der Waals surface area contributed by atoms with Crippen LogP contribution in [0, 0.1) is 5.41 Å². The van der Waals surface area contributed by atoms with Gasteiger partial charge in [0.05, 0.1) is 22.7 Å². The van der Waals surface area contributed by atoms with Crippen molar-refractivity contribution in [1.29, 1.82) is 5.41 Å². The predicted octanol–water partition coefficient (Wildman–Crippen LogP) is 12.0. The highest BCUT2D eigenvalue weighted by molar-refractivity contribution is 8.01. The maximum Gasteiger partial charge on any atom is 0.161 e. The van der Waals surface area contributed by atoms with E-state index in [1.807, 2.05) is 48.7 Å². The highest BCUT2D eigenvalue weighted by atomic mass is 32.2. The largest absolute Gasteiger partial charge is 0.304 e. The van der Waals surface area contributed by atoms with Crippen molar-refractivity contribution in [3.8, 4) is 33.9 Å². The fourth-order valence-corrected chi connectivity index (χ4v) is 9.15. The van der Waals surface area contributed by atoms with Crippen LogP contribution in [-0.4, -0.2) is 27.1 Å². The summed E-state index contributed by atoms with van der Waals surface area (Å²) in [5.74, 6) is 0.713. The average Bonchev–Trinajstić information content (AvgIpc) is 3.74. The minimum atomic E-state index is -0.151. The molecule has 0 radical (unpaired) electrons. The molecule has 6 heteroatoms. The lowest BCUT2D eigenvalue weighted by Crippen LogP contribution is -2.21. The predicted molar refractivity (Wildman–Crippen MR) is 214 cm³/mol. The van der Waals surface area contributed by atoms with Crippen LogP contribution in [0.1, 0.15) is 30.0 Å². The van der Waals surface area contributed by atoms with E-state index < -0.39 is 0 Å². The molecule has 0 fully saturated rings. The number of benzene rings is 5. The van der Waals surface area contributed by atoms with Gasteiger partial charge in [0.1, 0.15) is 0 Å². The van der Waals surface area contributed by atoms with E-state index >= 15 is 0 Å². The minimum Gasteiger partial charge on any atom is -0.304 e. The van der Waals surface area contributed by atoms with E-state index in [0.29, 0.717) is 11.5 Å². The first-order valence-corrected chi connectivity index (χ1v) is 18.4. The quantitative estimate of drug-likeness (QED) is 0.115. The normalized spacial score (nSPS) is 15.4. The molecule has 2 aromatic heterocycles. The van der Waals surface area contributed by atoms with Gasteiger partial charge in [-0.3, -0.25) is 4.99 Å². The van der Waals surface area contributed by atoms with Gasteiger partial charge in [-0.25, -0.2) is 9.97 Å². The van der Waals surface area contributed by atoms with E-state index in [2.05, 4.69) is 104 Å². The van der Waals surface area contributed by atoms with E-state index in [0.717, 1.165) is 56.8 Å². The number of aromatic nitrogens is 2. The summed E-state index contributed by atoms with van der Waals surface area (Å²) in [5, 5.41) is 11.3. The van der Waals surface area contributed by atoms with Crippen LogP contribution < -0.4 is 0 Å². The first kappa shape index (κ1) is 31.8. The number of rotatable bonds is 10. The molecule has 4 nitrogen and oxygen atoms in total. The van der Waals surface area contributed by atoms with E-state index in [1.54, 1.807) is 23.1 Å². The number of hydrogen-bond donors (Lipinski definition) is 1. The number of thioether (sulfide) groups is 1. The van der Waals surface area contributed by atoms with Crippen molar-refractivity contribution in [3.05, 3.63) is 163 Å². The molecule has 5 aromatic carbocycles. The average molecular weight is 683 g/mol. The Hall–Kier alpha value is -5.43. The van der Waals surface area contributed by atoms with Crippen molar-refractivity contribution in [3.63, 3.8) is 0 Å². The highest BCUT2D eigenvalue weighted by Crippen LogP contribution is 2.47. The summed E-state index contributed by atoms with van der Waals surface area (Å²) in [4.78, 5) is 16.6. The van der Waals surface area contributed by atoms with Crippen molar-refractivity contribution in [2.24, 2.45) is 4.99 Å². The van der Waals surface area contributed by atoms with Crippen molar-refractivity contribution in [2.75, 3.05) is 0 Å². The molecule has 7 aromatic rings. The van der Waals surface area contributed by atoms with Gasteiger partial charge in [-0.05, 0) is 53.8 Å². The van der Waals surface area contributed by atoms with Gasteiger partial charge >= 0.3 is 0 Å². The Morgan fingerprint density at radius 3 is 2.20 bits per heavy atom. The standard InChI is InChI=1S/C44H34N4S2/c1-3-4-14-28(2)40(45)43-41(34-19-11-12-22-38(34)49-43)46-27-29-23-24-32-33-20-13-21-35(42(33)50-39(32)25-29)44-47-36(30-15-7-5-8-16-30)26-37(48-44)31-17-9-6-10-18-31/h3,5-13,15-27,41,43,45H,1-2,4,14H2. The number of nitrogens with one attached hydrogen (secondary N) is 1. The zero-order valence-electron chi connectivity index (χ0n) is 27.4. The summed E-state index contributed by atoms with van der Waals surface area (Å²) in [6.45, 7) is 8.07. The van der Waals surface area contributed by atoms with Gasteiger partial charge in [0.2, 0.25) is 0 Å². The molecule has 1 aliphatic heterocycles. The molecule has 0 spiro atoms. The minimum absolute atomic E-state index is 0.107. The van der Waals surface area contributed by atoms with Crippen LogP contribution in [0.4, 0.5) is 0 Å². The van der Waals surface area contributed by atoms with Crippen molar-refractivity contribution in [1.82, 2.24) is 9.97 Å². The van der Waals surface area contributed by atoms with Gasteiger partial charge in [-0.15, -0.1) is 29.7 Å². The van der Waals surface area contributed by atoms with Gasteiger partial charge in [-0.2, -0.15) is 0 Å². The smallest absolute Gasteiger partial charge is 0.161 e. The van der Waals surface area contributed by atoms with E-state index in [1.165, 1.54) is 25.9 Å². The third-order valence-corrected chi connectivity index (χ3v) is 11.7. The van der Waals surface area contributed by atoms with Gasteiger partial charge in [-0.1, -0.05) is 116 Å². The Morgan fingerprint density at radius 2 is 1.48 bits per heavy atom. The molecule has 2 atom stereocenters. The Kier molecular flexibility index (Phi) is 8.80. The topological polar surface area (TPSA) is 62.0 Å². The van der Waals surface area contributed by atoms with Crippen molar-refractivity contribution < 1.29 is 0 Å². The zero-order valence-corrected chi connectivity index (χ0v) is 29.1. The Morgan fingerprint density at radius 1 is 0.780 bits per heavy atom. The fraction of sp³-hybridized carbons (Fsp3) is 0.0909. The van der Waals surface area contributed by atoms with Crippen LogP contribution >= 0.6 is 23.1 Å². The third-order valence-electron chi connectivity index (χ3n) is 9.11. The number of thiophene rings is 1. The molecule has 1 aliphatic rings. The Bertz CT molecular complexity index is 2370. The summed E-state index contributed by atoms with van der Waals surface area (Å²) in [6, 6.07) is 43.9. The van der Waals surface area contributed by atoms with Gasteiger partial charge in [0.15, 0.2) is 5.82 Å². The number of nitrogens with zero attached hydrogens (tertiary/aromatic N) is 3. The van der Waals surface area contributed by atoms with Gasteiger partial charge in [0, 0.05) is 53.7 Å². The molecule has 50 heavy (non-hydrogen) atoms. The third kappa shape index (κ3) is 6.13. The molecule has 8 rings (SSSR count). The molecule has 0 bridgehead atoms. The highest BCUT2D eigenvalue weighted by Gasteiger charge is 2.36. The summed E-state index contributed by atoms with van der Waals surface area (Å²) in [7, 11) is 0. The monoisotopic (exact) mass is 682 g/mol. The second-order valence-corrected chi connectivity index (χ2v) is 14.6. The number of aliphatic imine (C=N–C) groups is 1. The number of allylic oxidation sites excluding steroid dienone is 2. The summed E-state index contributed by atoms with van der Waals surface area (Å²) in [6.07, 6.45) is 5.42.